The van der Waals surface area contributed by atoms with Crippen LogP contribution in [0.5, 0.6) is 0 Å². The van der Waals surface area contributed by atoms with E-state index >= 15 is 0 Å². The van der Waals surface area contributed by atoms with E-state index in [0.717, 1.165) is 24.8 Å². The van der Waals surface area contributed by atoms with Crippen LogP contribution < -0.4 is 10.6 Å². The van der Waals surface area contributed by atoms with Gasteiger partial charge in [-0.15, -0.1) is 0 Å². The minimum Gasteiger partial charge on any atom is -0.361 e. The van der Waals surface area contributed by atoms with Gasteiger partial charge in [0, 0.05) is 29.7 Å². The van der Waals surface area contributed by atoms with E-state index in [1.807, 2.05) is 24.4 Å². The first-order valence-corrected chi connectivity index (χ1v) is 9.83. The van der Waals surface area contributed by atoms with Crippen molar-refractivity contribution in [1.29, 1.82) is 0 Å². The molecule has 26 heavy (non-hydrogen) atoms. The molecular formula is C21H27N3O2. The molecule has 3 N–H and O–H groups in total. The molecule has 0 unspecified atom stereocenters. The lowest BCUT2D eigenvalue weighted by atomic mass is 9.94. The third-order valence-corrected chi connectivity index (χ3v) is 5.91. The molecule has 138 valence electrons. The molecule has 0 bridgehead atoms. The number of hydrogen-bond donors (Lipinski definition) is 3. The van der Waals surface area contributed by atoms with Gasteiger partial charge in [-0.2, -0.15) is 0 Å². The number of hydrogen-bond acceptors (Lipinski definition) is 2. The third-order valence-electron chi connectivity index (χ3n) is 5.91. The fraction of sp³-hybridized carbons (Fsp3) is 0.524. The quantitative estimate of drug-likeness (QED) is 0.698. The second-order valence-corrected chi connectivity index (χ2v) is 7.76. The van der Waals surface area contributed by atoms with E-state index in [4.69, 9.17) is 0 Å². The van der Waals surface area contributed by atoms with Gasteiger partial charge in [-0.3, -0.25) is 9.59 Å². The molecule has 1 aromatic heterocycles. The minimum absolute atomic E-state index is 0.0611. The van der Waals surface area contributed by atoms with Gasteiger partial charge in [0.25, 0.3) is 0 Å². The van der Waals surface area contributed by atoms with Gasteiger partial charge in [0.05, 0.1) is 0 Å². The molecule has 0 radical (unpaired) electrons. The van der Waals surface area contributed by atoms with E-state index in [0.29, 0.717) is 19.4 Å². The lowest BCUT2D eigenvalue weighted by Crippen LogP contribution is -2.47. The fourth-order valence-corrected chi connectivity index (χ4v) is 4.07. The topological polar surface area (TPSA) is 74.0 Å². The predicted octanol–water partition coefficient (Wildman–Crippen LogP) is 3.06. The lowest BCUT2D eigenvalue weighted by Gasteiger charge is -2.25. The number of carbonyl (C=O) groups is 2. The summed E-state index contributed by atoms with van der Waals surface area (Å²) < 4.78 is 0. The molecule has 1 heterocycles. The summed E-state index contributed by atoms with van der Waals surface area (Å²) in [6.07, 6.45) is 9.80. The second-order valence-electron chi connectivity index (χ2n) is 7.76. The van der Waals surface area contributed by atoms with Crippen molar-refractivity contribution >= 4 is 22.7 Å². The summed E-state index contributed by atoms with van der Waals surface area (Å²) in [6.45, 7) is 0.555. The highest BCUT2D eigenvalue weighted by molar-refractivity contribution is 6.08. The molecule has 1 aromatic carbocycles. The van der Waals surface area contributed by atoms with Crippen LogP contribution in [0.4, 0.5) is 0 Å². The average molecular weight is 353 g/mol. The summed E-state index contributed by atoms with van der Waals surface area (Å²) in [6, 6.07) is 8.42. The Balaban J connectivity index is 1.30. The van der Waals surface area contributed by atoms with Crippen LogP contribution >= 0.6 is 0 Å². The molecule has 2 saturated carbocycles. The number of benzene rings is 1. The van der Waals surface area contributed by atoms with Crippen molar-refractivity contribution in [1.82, 2.24) is 15.6 Å². The van der Waals surface area contributed by atoms with Crippen LogP contribution in [0.3, 0.4) is 0 Å². The van der Waals surface area contributed by atoms with Crippen molar-refractivity contribution in [2.24, 2.45) is 5.41 Å². The predicted molar refractivity (Wildman–Crippen MR) is 102 cm³/mol. The van der Waals surface area contributed by atoms with Crippen molar-refractivity contribution < 1.29 is 9.59 Å². The molecule has 5 heteroatoms. The Bertz CT molecular complexity index is 800. The second kappa shape index (κ2) is 7.14. The van der Waals surface area contributed by atoms with Crippen molar-refractivity contribution in [2.45, 2.75) is 57.4 Å². The smallest absolute Gasteiger partial charge is 0.235 e. The van der Waals surface area contributed by atoms with Gasteiger partial charge in [-0.05, 0) is 43.7 Å². The van der Waals surface area contributed by atoms with Gasteiger partial charge in [0.2, 0.25) is 11.8 Å². The van der Waals surface area contributed by atoms with Crippen LogP contribution in [0.25, 0.3) is 10.9 Å². The Morgan fingerprint density at radius 2 is 1.85 bits per heavy atom. The number of fused-ring (bicyclic) bond motifs is 1. The minimum atomic E-state index is -0.808. The maximum Gasteiger partial charge on any atom is 0.235 e. The number of carbonyl (C=O) groups excluding carboxylic acids is 2. The van der Waals surface area contributed by atoms with Crippen LogP contribution in [-0.2, 0) is 16.0 Å². The molecule has 0 atom stereocenters. The highest BCUT2D eigenvalue weighted by Crippen LogP contribution is 2.46. The summed E-state index contributed by atoms with van der Waals surface area (Å²) in [5.41, 5.74) is 1.49. The first kappa shape index (κ1) is 17.1. The molecule has 0 spiro atoms. The van der Waals surface area contributed by atoms with Crippen molar-refractivity contribution in [3.63, 3.8) is 0 Å². The zero-order chi connectivity index (χ0) is 18.0. The van der Waals surface area contributed by atoms with E-state index in [9.17, 15) is 9.59 Å². The number of H-pyrrole nitrogens is 1. The summed E-state index contributed by atoms with van der Waals surface area (Å²) in [7, 11) is 0. The third kappa shape index (κ3) is 3.35. The molecule has 2 fully saturated rings. The van der Waals surface area contributed by atoms with Gasteiger partial charge >= 0.3 is 0 Å². The monoisotopic (exact) mass is 353 g/mol. The van der Waals surface area contributed by atoms with Crippen LogP contribution in [0.2, 0.25) is 0 Å². The van der Waals surface area contributed by atoms with E-state index in [1.165, 1.54) is 30.2 Å². The van der Waals surface area contributed by atoms with Crippen LogP contribution in [-0.4, -0.2) is 29.4 Å². The highest BCUT2D eigenvalue weighted by atomic mass is 16.2. The number of amides is 2. The Kier molecular flexibility index (Phi) is 4.70. The molecule has 2 aliphatic rings. The average Bonchev–Trinajstić information content (AvgIpc) is 3.39. The summed E-state index contributed by atoms with van der Waals surface area (Å²) in [5.74, 6) is -0.167. The van der Waals surface area contributed by atoms with Crippen molar-refractivity contribution in [3.05, 3.63) is 36.0 Å². The Morgan fingerprint density at radius 3 is 2.62 bits per heavy atom. The number of para-hydroxylation sites is 1. The summed E-state index contributed by atoms with van der Waals surface area (Å²) >= 11 is 0. The van der Waals surface area contributed by atoms with Gasteiger partial charge in [-0.25, -0.2) is 0 Å². The first-order valence-electron chi connectivity index (χ1n) is 9.83. The number of rotatable bonds is 6. The molecule has 0 aliphatic heterocycles. The van der Waals surface area contributed by atoms with Crippen LogP contribution in [0.1, 0.15) is 50.5 Å². The SMILES string of the molecule is O=C(NCCc1c[nH]c2ccccc12)C1(C(=O)NC2CCCCC2)CC1. The lowest BCUT2D eigenvalue weighted by molar-refractivity contribution is -0.137. The number of aromatic nitrogens is 1. The molecule has 2 amide bonds. The van der Waals surface area contributed by atoms with E-state index in [-0.39, 0.29) is 17.9 Å². The summed E-state index contributed by atoms with van der Waals surface area (Å²) in [4.78, 5) is 28.5. The van der Waals surface area contributed by atoms with Crippen molar-refractivity contribution in [2.75, 3.05) is 6.54 Å². The molecule has 0 saturated heterocycles. The largest absolute Gasteiger partial charge is 0.361 e. The van der Waals surface area contributed by atoms with Gasteiger partial charge in [0.1, 0.15) is 5.41 Å². The fourth-order valence-electron chi connectivity index (χ4n) is 4.07. The van der Waals surface area contributed by atoms with Gasteiger partial charge in [0.15, 0.2) is 0 Å². The van der Waals surface area contributed by atoms with E-state index < -0.39 is 5.41 Å². The Labute approximate surface area is 153 Å². The van der Waals surface area contributed by atoms with Crippen LogP contribution in [0.15, 0.2) is 30.5 Å². The first-order chi connectivity index (χ1) is 12.7. The number of nitrogens with one attached hydrogen (secondary N) is 3. The zero-order valence-corrected chi connectivity index (χ0v) is 15.1. The molecule has 4 rings (SSSR count). The summed E-state index contributed by atoms with van der Waals surface area (Å²) in [5, 5.41) is 7.31. The van der Waals surface area contributed by atoms with Gasteiger partial charge in [-0.1, -0.05) is 37.5 Å². The maximum absolute atomic E-state index is 12.6. The number of aromatic amines is 1. The Morgan fingerprint density at radius 1 is 1.08 bits per heavy atom. The van der Waals surface area contributed by atoms with Gasteiger partial charge < -0.3 is 15.6 Å². The van der Waals surface area contributed by atoms with E-state index in [2.05, 4.69) is 21.7 Å². The van der Waals surface area contributed by atoms with E-state index in [1.54, 1.807) is 0 Å². The van der Waals surface area contributed by atoms with Crippen molar-refractivity contribution in [3.8, 4) is 0 Å². The zero-order valence-electron chi connectivity index (χ0n) is 15.1. The molecule has 5 nitrogen and oxygen atoms in total. The van der Waals surface area contributed by atoms with Crippen LogP contribution in [0, 0.1) is 5.41 Å². The maximum atomic E-state index is 12.6. The molecule has 2 aromatic rings. The Hall–Kier alpha value is -2.30. The normalized spacial score (nSPS) is 19.2. The standard InChI is InChI=1S/C21H27N3O2/c25-19(21(11-12-21)20(26)24-16-6-2-1-3-7-16)22-13-10-15-14-23-18-9-5-4-8-17(15)18/h4-5,8-9,14,16,23H,1-3,6-7,10-13H2,(H,22,25)(H,24,26). The highest BCUT2D eigenvalue weighted by Gasteiger charge is 2.56. The molecular weight excluding hydrogens is 326 g/mol. The molecule has 2 aliphatic carbocycles.